The van der Waals surface area contributed by atoms with Gasteiger partial charge in [-0.1, -0.05) is 11.6 Å². The predicted molar refractivity (Wildman–Crippen MR) is 93.7 cm³/mol. The Morgan fingerprint density at radius 2 is 2.19 bits per heavy atom. The molecule has 0 aliphatic rings. The third-order valence-corrected chi connectivity index (χ3v) is 4.03. The Labute approximate surface area is 153 Å². The molecule has 0 aromatic carbocycles. The van der Waals surface area contributed by atoms with Crippen molar-refractivity contribution in [1.82, 2.24) is 24.9 Å². The Kier molecular flexibility index (Phi) is 5.08. The highest BCUT2D eigenvalue weighted by Gasteiger charge is 2.19. The first-order valence-electron chi connectivity index (χ1n) is 7.76. The molecule has 3 heterocycles. The summed E-state index contributed by atoms with van der Waals surface area (Å²) in [6.45, 7) is 1.96. The summed E-state index contributed by atoms with van der Waals surface area (Å²) in [6.07, 6.45) is 4.56. The first-order chi connectivity index (χ1) is 12.4. The molecule has 3 rings (SSSR count). The minimum absolute atomic E-state index is 0.0269. The van der Waals surface area contributed by atoms with Gasteiger partial charge >= 0.3 is 0 Å². The first kappa shape index (κ1) is 17.7. The van der Waals surface area contributed by atoms with E-state index in [-0.39, 0.29) is 24.7 Å². The molecule has 2 amide bonds. The fraction of sp³-hybridized carbons (Fsp3) is 0.250. The molecule has 2 N–H and O–H groups in total. The number of hydrogen-bond acceptors (Lipinski definition) is 5. The Bertz CT molecular complexity index is 928. The van der Waals surface area contributed by atoms with E-state index in [0.29, 0.717) is 22.2 Å². The monoisotopic (exact) mass is 376 g/mol. The van der Waals surface area contributed by atoms with Crippen molar-refractivity contribution in [2.75, 3.05) is 5.32 Å². The predicted octanol–water partition coefficient (Wildman–Crippen LogP) is 1.74. The van der Waals surface area contributed by atoms with Crippen LogP contribution in [0, 0.1) is 6.92 Å². The van der Waals surface area contributed by atoms with E-state index in [1.807, 2.05) is 0 Å². The minimum Gasteiger partial charge on any atom is -0.467 e. The van der Waals surface area contributed by atoms with Crippen molar-refractivity contribution in [3.63, 3.8) is 0 Å². The molecule has 0 saturated heterocycles. The second kappa shape index (κ2) is 7.44. The van der Waals surface area contributed by atoms with Gasteiger partial charge in [-0.05, 0) is 19.1 Å². The number of aryl methyl sites for hydroxylation is 1. The standard InChI is InChI=1S/C16H17ClN6O3/c1-10-12(17)7-19-23(10)9-14(24)20-13-8-22(2)21-15(13)16(25)18-6-11-4-3-5-26-11/h3-5,7-8H,6,9H2,1-2H3,(H,18,25)(H,20,24). The molecule has 136 valence electrons. The summed E-state index contributed by atoms with van der Waals surface area (Å²) < 4.78 is 8.10. The second-order valence-electron chi connectivity index (χ2n) is 5.61. The SMILES string of the molecule is Cc1c(Cl)cnn1CC(=O)Nc1cn(C)nc1C(=O)NCc1ccco1. The van der Waals surface area contributed by atoms with Gasteiger partial charge in [-0.25, -0.2) is 0 Å². The number of nitrogens with one attached hydrogen (secondary N) is 2. The zero-order valence-electron chi connectivity index (χ0n) is 14.2. The molecule has 0 saturated carbocycles. The maximum absolute atomic E-state index is 12.4. The quantitative estimate of drug-likeness (QED) is 0.681. The molecule has 0 spiro atoms. The van der Waals surface area contributed by atoms with E-state index in [2.05, 4.69) is 20.8 Å². The molecule has 26 heavy (non-hydrogen) atoms. The van der Waals surface area contributed by atoms with E-state index in [1.54, 1.807) is 32.3 Å². The van der Waals surface area contributed by atoms with E-state index in [0.717, 1.165) is 0 Å². The number of amides is 2. The lowest BCUT2D eigenvalue weighted by Crippen LogP contribution is -2.26. The number of nitrogens with zero attached hydrogens (tertiary/aromatic N) is 4. The lowest BCUT2D eigenvalue weighted by Gasteiger charge is -2.07. The Morgan fingerprint density at radius 3 is 2.85 bits per heavy atom. The summed E-state index contributed by atoms with van der Waals surface area (Å²) in [5.41, 5.74) is 1.11. The summed E-state index contributed by atoms with van der Waals surface area (Å²) >= 11 is 5.93. The van der Waals surface area contributed by atoms with Crippen LogP contribution in [0.3, 0.4) is 0 Å². The fourth-order valence-electron chi connectivity index (χ4n) is 2.32. The zero-order valence-corrected chi connectivity index (χ0v) is 14.9. The maximum Gasteiger partial charge on any atom is 0.274 e. The first-order valence-corrected chi connectivity index (χ1v) is 8.14. The molecule has 0 atom stereocenters. The lowest BCUT2D eigenvalue weighted by atomic mass is 10.3. The summed E-state index contributed by atoms with van der Waals surface area (Å²) in [6, 6.07) is 3.48. The van der Waals surface area contributed by atoms with Gasteiger partial charge in [0.05, 0.1) is 35.4 Å². The lowest BCUT2D eigenvalue weighted by molar-refractivity contribution is -0.116. The van der Waals surface area contributed by atoms with Crippen LogP contribution >= 0.6 is 11.6 Å². The normalized spacial score (nSPS) is 10.7. The third kappa shape index (κ3) is 3.94. The van der Waals surface area contributed by atoms with Crippen molar-refractivity contribution in [1.29, 1.82) is 0 Å². The van der Waals surface area contributed by atoms with Crippen LogP contribution in [0.4, 0.5) is 5.69 Å². The van der Waals surface area contributed by atoms with E-state index in [1.165, 1.54) is 21.8 Å². The molecule has 0 unspecified atom stereocenters. The van der Waals surface area contributed by atoms with Crippen molar-refractivity contribution in [3.05, 3.63) is 53.0 Å². The highest BCUT2D eigenvalue weighted by molar-refractivity contribution is 6.31. The van der Waals surface area contributed by atoms with Gasteiger partial charge < -0.3 is 15.1 Å². The van der Waals surface area contributed by atoms with Crippen LogP contribution < -0.4 is 10.6 Å². The van der Waals surface area contributed by atoms with Crippen molar-refractivity contribution in [2.24, 2.45) is 7.05 Å². The molecule has 10 heteroatoms. The van der Waals surface area contributed by atoms with Crippen LogP contribution in [0.2, 0.25) is 5.02 Å². The number of anilines is 1. The smallest absolute Gasteiger partial charge is 0.274 e. The van der Waals surface area contributed by atoms with E-state index >= 15 is 0 Å². The van der Waals surface area contributed by atoms with Gasteiger partial charge in [-0.3, -0.25) is 19.0 Å². The van der Waals surface area contributed by atoms with Gasteiger partial charge in [0.25, 0.3) is 5.91 Å². The zero-order chi connectivity index (χ0) is 18.7. The van der Waals surface area contributed by atoms with Crippen LogP contribution in [0.15, 0.2) is 35.2 Å². The molecule has 0 radical (unpaired) electrons. The summed E-state index contributed by atoms with van der Waals surface area (Å²) in [5.74, 6) is -0.150. The van der Waals surface area contributed by atoms with Gasteiger partial charge in [-0.15, -0.1) is 0 Å². The number of rotatable bonds is 6. The number of halogens is 1. The average Bonchev–Trinajstić information content (AvgIpc) is 3.31. The van der Waals surface area contributed by atoms with E-state index in [4.69, 9.17) is 16.0 Å². The van der Waals surface area contributed by atoms with E-state index in [9.17, 15) is 9.59 Å². The molecule has 3 aromatic rings. The van der Waals surface area contributed by atoms with E-state index < -0.39 is 5.91 Å². The molecule has 0 bridgehead atoms. The second-order valence-corrected chi connectivity index (χ2v) is 6.02. The van der Waals surface area contributed by atoms with Crippen LogP contribution in [-0.4, -0.2) is 31.4 Å². The number of carbonyl (C=O) groups is 2. The van der Waals surface area contributed by atoms with Crippen LogP contribution in [0.1, 0.15) is 21.9 Å². The van der Waals surface area contributed by atoms with Crippen LogP contribution in [-0.2, 0) is 24.9 Å². The Hall–Kier alpha value is -3.07. The van der Waals surface area contributed by atoms with Gasteiger partial charge in [0, 0.05) is 13.2 Å². The fourth-order valence-corrected chi connectivity index (χ4v) is 2.46. The topological polar surface area (TPSA) is 107 Å². The Morgan fingerprint density at radius 1 is 1.38 bits per heavy atom. The van der Waals surface area contributed by atoms with Gasteiger partial charge in [0.15, 0.2) is 5.69 Å². The highest BCUT2D eigenvalue weighted by Crippen LogP contribution is 2.15. The summed E-state index contributed by atoms with van der Waals surface area (Å²) in [4.78, 5) is 24.6. The Balaban J connectivity index is 1.67. The third-order valence-electron chi connectivity index (χ3n) is 3.66. The van der Waals surface area contributed by atoms with Gasteiger partial charge in [0.2, 0.25) is 5.91 Å². The minimum atomic E-state index is -0.421. The van der Waals surface area contributed by atoms with Gasteiger partial charge in [0.1, 0.15) is 12.3 Å². The highest BCUT2D eigenvalue weighted by atomic mass is 35.5. The molecule has 3 aromatic heterocycles. The largest absolute Gasteiger partial charge is 0.467 e. The summed E-state index contributed by atoms with van der Waals surface area (Å²) in [5, 5.41) is 14.0. The number of carbonyl (C=O) groups excluding carboxylic acids is 2. The average molecular weight is 377 g/mol. The van der Waals surface area contributed by atoms with Crippen LogP contribution in [0.5, 0.6) is 0 Å². The number of aromatic nitrogens is 4. The van der Waals surface area contributed by atoms with Crippen molar-refractivity contribution in [3.8, 4) is 0 Å². The number of furan rings is 1. The number of hydrogen-bond donors (Lipinski definition) is 2. The molecule has 0 aliphatic heterocycles. The maximum atomic E-state index is 12.4. The van der Waals surface area contributed by atoms with Gasteiger partial charge in [-0.2, -0.15) is 10.2 Å². The van der Waals surface area contributed by atoms with Crippen molar-refractivity contribution >= 4 is 29.1 Å². The van der Waals surface area contributed by atoms with Crippen molar-refractivity contribution in [2.45, 2.75) is 20.0 Å². The molecule has 0 aliphatic carbocycles. The molecule has 9 nitrogen and oxygen atoms in total. The molecular weight excluding hydrogens is 360 g/mol. The van der Waals surface area contributed by atoms with Crippen LogP contribution in [0.25, 0.3) is 0 Å². The van der Waals surface area contributed by atoms with Crippen molar-refractivity contribution < 1.29 is 14.0 Å². The summed E-state index contributed by atoms with van der Waals surface area (Å²) in [7, 11) is 1.66. The molecule has 0 fully saturated rings. The molecular formula is C16H17ClN6O3.